The molecule has 0 radical (unpaired) electrons. The molecule has 84 valence electrons. The van der Waals surface area contributed by atoms with Gasteiger partial charge in [0, 0.05) is 5.38 Å². The van der Waals surface area contributed by atoms with E-state index in [0.29, 0.717) is 0 Å². The fourth-order valence-corrected chi connectivity index (χ4v) is 1.94. The van der Waals surface area contributed by atoms with Gasteiger partial charge in [-0.15, -0.1) is 11.3 Å². The highest BCUT2D eigenvalue weighted by atomic mass is 32.1. The molecule has 0 spiro atoms. The minimum atomic E-state index is -0.257. The zero-order valence-corrected chi connectivity index (χ0v) is 9.71. The van der Waals surface area contributed by atoms with Crippen LogP contribution in [0.2, 0.25) is 0 Å². The maximum absolute atomic E-state index is 11.6. The van der Waals surface area contributed by atoms with E-state index in [4.69, 9.17) is 0 Å². The first-order valence-electron chi connectivity index (χ1n) is 4.75. The predicted molar refractivity (Wildman–Crippen MR) is 59.1 cm³/mol. The summed E-state index contributed by atoms with van der Waals surface area (Å²) in [4.78, 5) is 15.9. The summed E-state index contributed by atoms with van der Waals surface area (Å²) in [5.41, 5.74) is 1.14. The number of thiazole rings is 1. The van der Waals surface area contributed by atoms with E-state index in [1.165, 1.54) is 6.20 Å². The number of H-pyrrole nitrogens is 1. The Morgan fingerprint density at radius 3 is 3.00 bits per heavy atom. The number of rotatable bonds is 3. The molecule has 2 aromatic rings. The second kappa shape index (κ2) is 4.40. The molecular weight excluding hydrogens is 226 g/mol. The van der Waals surface area contributed by atoms with Gasteiger partial charge in [0.2, 0.25) is 0 Å². The smallest absolute Gasteiger partial charge is 0.273 e. The first kappa shape index (κ1) is 10.7. The molecule has 1 atom stereocenters. The van der Waals surface area contributed by atoms with Crippen molar-refractivity contribution in [2.24, 2.45) is 0 Å². The molecule has 1 amide bonds. The van der Waals surface area contributed by atoms with Crippen molar-refractivity contribution in [3.63, 3.8) is 0 Å². The standard InChI is InChI=1S/C9H11N5OS/c1-5(8-4-16-6(2)12-8)11-9(15)7-3-10-14-13-7/h3-5H,1-2H3,(H,11,15)(H,10,13,14)/t5-/m0/s1. The Balaban J connectivity index is 2.03. The van der Waals surface area contributed by atoms with Crippen LogP contribution in [0.25, 0.3) is 0 Å². The van der Waals surface area contributed by atoms with Crippen LogP contribution in [-0.2, 0) is 0 Å². The van der Waals surface area contributed by atoms with Crippen LogP contribution in [0.1, 0.15) is 34.2 Å². The van der Waals surface area contributed by atoms with E-state index in [2.05, 4.69) is 25.7 Å². The van der Waals surface area contributed by atoms with Crippen LogP contribution in [0.5, 0.6) is 0 Å². The van der Waals surface area contributed by atoms with Gasteiger partial charge in [-0.2, -0.15) is 15.4 Å². The molecule has 0 aliphatic rings. The van der Waals surface area contributed by atoms with Crippen LogP contribution < -0.4 is 5.32 Å². The van der Waals surface area contributed by atoms with Gasteiger partial charge in [0.25, 0.3) is 5.91 Å². The van der Waals surface area contributed by atoms with Crippen molar-refractivity contribution in [2.75, 3.05) is 0 Å². The van der Waals surface area contributed by atoms with E-state index < -0.39 is 0 Å². The average molecular weight is 237 g/mol. The summed E-state index contributed by atoms with van der Waals surface area (Å²) in [5.74, 6) is -0.257. The van der Waals surface area contributed by atoms with Gasteiger partial charge < -0.3 is 5.32 Å². The lowest BCUT2D eigenvalue weighted by Crippen LogP contribution is -2.27. The number of carbonyl (C=O) groups is 1. The molecule has 2 rings (SSSR count). The summed E-state index contributed by atoms with van der Waals surface area (Å²) < 4.78 is 0. The Bertz CT molecular complexity index is 478. The molecule has 6 nitrogen and oxygen atoms in total. The zero-order chi connectivity index (χ0) is 11.5. The molecule has 0 saturated heterocycles. The van der Waals surface area contributed by atoms with Crippen LogP contribution in [-0.4, -0.2) is 26.3 Å². The van der Waals surface area contributed by atoms with Crippen molar-refractivity contribution < 1.29 is 4.79 Å². The highest BCUT2D eigenvalue weighted by Gasteiger charge is 2.14. The van der Waals surface area contributed by atoms with Gasteiger partial charge in [-0.05, 0) is 13.8 Å². The maximum Gasteiger partial charge on any atom is 0.273 e. The largest absolute Gasteiger partial charge is 0.342 e. The van der Waals surface area contributed by atoms with Crippen molar-refractivity contribution in [3.8, 4) is 0 Å². The van der Waals surface area contributed by atoms with Gasteiger partial charge in [0.15, 0.2) is 5.69 Å². The Labute approximate surface area is 96.1 Å². The number of nitrogens with one attached hydrogen (secondary N) is 2. The van der Waals surface area contributed by atoms with Crippen LogP contribution >= 0.6 is 11.3 Å². The molecule has 2 N–H and O–H groups in total. The van der Waals surface area contributed by atoms with Gasteiger partial charge in [0.05, 0.1) is 22.9 Å². The molecule has 0 saturated carbocycles. The van der Waals surface area contributed by atoms with Gasteiger partial charge in [-0.25, -0.2) is 4.98 Å². The molecule has 0 aliphatic carbocycles. The Hall–Kier alpha value is -1.76. The number of nitrogens with zero attached hydrogens (tertiary/aromatic N) is 3. The van der Waals surface area contributed by atoms with Crippen LogP contribution in [0.3, 0.4) is 0 Å². The molecular formula is C9H11N5OS. The third kappa shape index (κ3) is 2.25. The first-order chi connectivity index (χ1) is 7.66. The van der Waals surface area contributed by atoms with Crippen molar-refractivity contribution in [2.45, 2.75) is 19.9 Å². The lowest BCUT2D eigenvalue weighted by molar-refractivity contribution is 0.0934. The molecule has 0 aromatic carbocycles. The third-order valence-corrected chi connectivity index (χ3v) is 2.87. The Morgan fingerprint density at radius 2 is 2.44 bits per heavy atom. The molecule has 0 bridgehead atoms. The molecule has 7 heteroatoms. The van der Waals surface area contributed by atoms with Crippen LogP contribution in [0.4, 0.5) is 0 Å². The molecule has 0 unspecified atom stereocenters. The van der Waals surface area contributed by atoms with Crippen molar-refractivity contribution in [1.29, 1.82) is 0 Å². The third-order valence-electron chi connectivity index (χ3n) is 2.08. The normalized spacial score (nSPS) is 12.4. The zero-order valence-electron chi connectivity index (χ0n) is 8.89. The molecule has 2 aromatic heterocycles. The SMILES string of the molecule is Cc1nc([C@H](C)NC(=O)c2cn[nH]n2)cs1. The topological polar surface area (TPSA) is 83.6 Å². The van der Waals surface area contributed by atoms with E-state index >= 15 is 0 Å². The fourth-order valence-electron chi connectivity index (χ4n) is 1.23. The summed E-state index contributed by atoms with van der Waals surface area (Å²) in [6.45, 7) is 3.81. The van der Waals surface area contributed by atoms with Gasteiger partial charge >= 0.3 is 0 Å². The van der Waals surface area contributed by atoms with Gasteiger partial charge in [0.1, 0.15) is 0 Å². The monoisotopic (exact) mass is 237 g/mol. The number of aromatic amines is 1. The highest BCUT2D eigenvalue weighted by Crippen LogP contribution is 2.15. The summed E-state index contributed by atoms with van der Waals surface area (Å²) in [6, 6.07) is -0.130. The Kier molecular flexibility index (Phi) is 2.95. The van der Waals surface area contributed by atoms with Crippen molar-refractivity contribution in [3.05, 3.63) is 28.0 Å². The minimum absolute atomic E-state index is 0.130. The lowest BCUT2D eigenvalue weighted by atomic mass is 10.2. The summed E-state index contributed by atoms with van der Waals surface area (Å²) in [6.07, 6.45) is 1.38. The molecule has 0 aliphatic heterocycles. The van der Waals surface area contributed by atoms with E-state index in [-0.39, 0.29) is 17.6 Å². The molecule has 16 heavy (non-hydrogen) atoms. The molecule has 0 fully saturated rings. The minimum Gasteiger partial charge on any atom is -0.342 e. The summed E-state index contributed by atoms with van der Waals surface area (Å²) >= 11 is 1.56. The summed E-state index contributed by atoms with van der Waals surface area (Å²) in [5, 5.41) is 15.4. The number of hydrogen-bond donors (Lipinski definition) is 2. The van der Waals surface area contributed by atoms with Crippen LogP contribution in [0.15, 0.2) is 11.6 Å². The van der Waals surface area contributed by atoms with Crippen molar-refractivity contribution in [1.82, 2.24) is 25.7 Å². The van der Waals surface area contributed by atoms with E-state index in [9.17, 15) is 4.79 Å². The Morgan fingerprint density at radius 1 is 1.62 bits per heavy atom. The second-order valence-corrected chi connectivity index (χ2v) is 4.40. The maximum atomic E-state index is 11.6. The van der Waals surface area contributed by atoms with E-state index in [0.717, 1.165) is 10.7 Å². The predicted octanol–water partition coefficient (Wildman–Crippen LogP) is 1.06. The number of aryl methyl sites for hydroxylation is 1. The van der Waals surface area contributed by atoms with Gasteiger partial charge in [-0.1, -0.05) is 0 Å². The van der Waals surface area contributed by atoms with Crippen molar-refractivity contribution >= 4 is 17.2 Å². The molecule has 2 heterocycles. The fraction of sp³-hybridized carbons (Fsp3) is 0.333. The lowest BCUT2D eigenvalue weighted by Gasteiger charge is -2.09. The van der Waals surface area contributed by atoms with Crippen LogP contribution in [0, 0.1) is 6.92 Å². The first-order valence-corrected chi connectivity index (χ1v) is 5.63. The van der Waals surface area contributed by atoms with E-state index in [1.54, 1.807) is 11.3 Å². The average Bonchev–Trinajstić information content (AvgIpc) is 2.87. The van der Waals surface area contributed by atoms with Gasteiger partial charge in [-0.3, -0.25) is 4.79 Å². The quantitative estimate of drug-likeness (QED) is 0.836. The number of hydrogen-bond acceptors (Lipinski definition) is 5. The summed E-state index contributed by atoms with van der Waals surface area (Å²) in [7, 11) is 0. The number of carbonyl (C=O) groups excluding carboxylic acids is 1. The highest BCUT2D eigenvalue weighted by molar-refractivity contribution is 7.09. The number of aromatic nitrogens is 4. The second-order valence-electron chi connectivity index (χ2n) is 3.34. The number of amides is 1. The van der Waals surface area contributed by atoms with E-state index in [1.807, 2.05) is 19.2 Å².